The van der Waals surface area contributed by atoms with Crippen molar-refractivity contribution in [2.24, 2.45) is 9.98 Å². The van der Waals surface area contributed by atoms with Gasteiger partial charge in [0.05, 0.1) is 0 Å². The second kappa shape index (κ2) is 8.73. The Balaban J connectivity index is 1.33. The van der Waals surface area contributed by atoms with E-state index >= 15 is 0 Å². The molecular weight excluding hydrogens is 506 g/mol. The zero-order chi connectivity index (χ0) is 26.8. The fourth-order valence-electron chi connectivity index (χ4n) is 6.39. The Labute approximate surface area is 237 Å². The van der Waals surface area contributed by atoms with Gasteiger partial charge in [-0.15, -0.1) is 11.3 Å². The van der Waals surface area contributed by atoms with Crippen molar-refractivity contribution >= 4 is 43.2 Å². The highest BCUT2D eigenvalue weighted by molar-refractivity contribution is 7.26. The van der Waals surface area contributed by atoms with Crippen LogP contribution in [0.25, 0.3) is 31.3 Å². The number of rotatable bonds is 3. The van der Waals surface area contributed by atoms with E-state index in [1.807, 2.05) is 23.5 Å². The zero-order valence-corrected chi connectivity index (χ0v) is 23.2. The van der Waals surface area contributed by atoms with Gasteiger partial charge in [-0.1, -0.05) is 123 Å². The van der Waals surface area contributed by atoms with Crippen LogP contribution in [-0.4, -0.2) is 11.7 Å². The van der Waals surface area contributed by atoms with Gasteiger partial charge in [0.2, 0.25) is 0 Å². The maximum absolute atomic E-state index is 5.18. The topological polar surface area (TPSA) is 36.8 Å². The molecule has 6 aromatic rings. The monoisotopic (exact) mass is 533 g/mol. The largest absolute Gasteiger partial charge is 0.324 e. The third-order valence-electron chi connectivity index (χ3n) is 8.32. The highest BCUT2D eigenvalue weighted by atomic mass is 32.1. The van der Waals surface area contributed by atoms with Crippen LogP contribution < -0.4 is 5.32 Å². The first-order valence-electron chi connectivity index (χ1n) is 13.7. The molecule has 0 saturated carbocycles. The number of fused-ring (bicyclic) bond motifs is 7. The lowest BCUT2D eigenvalue weighted by Crippen LogP contribution is -2.36. The quantitative estimate of drug-likeness (QED) is 0.242. The van der Waals surface area contributed by atoms with E-state index in [0.29, 0.717) is 0 Å². The minimum Gasteiger partial charge on any atom is -0.324 e. The van der Waals surface area contributed by atoms with Gasteiger partial charge in [-0.2, -0.15) is 0 Å². The van der Waals surface area contributed by atoms with Crippen LogP contribution in [0.4, 0.5) is 0 Å². The summed E-state index contributed by atoms with van der Waals surface area (Å²) in [7, 11) is 0. The van der Waals surface area contributed by atoms with Crippen LogP contribution in [0.2, 0.25) is 0 Å². The molecule has 0 spiro atoms. The molecule has 3 nitrogen and oxygen atoms in total. The maximum atomic E-state index is 5.18. The van der Waals surface area contributed by atoms with Crippen molar-refractivity contribution in [3.05, 3.63) is 143 Å². The summed E-state index contributed by atoms with van der Waals surface area (Å²) in [5.41, 5.74) is 8.75. The van der Waals surface area contributed by atoms with Gasteiger partial charge in [0.1, 0.15) is 11.7 Å². The van der Waals surface area contributed by atoms with Gasteiger partial charge in [0, 0.05) is 36.7 Å². The zero-order valence-electron chi connectivity index (χ0n) is 22.3. The fourth-order valence-corrected chi connectivity index (χ4v) is 7.92. The predicted molar refractivity (Wildman–Crippen MR) is 169 cm³/mol. The molecule has 1 aliphatic carbocycles. The Kier molecular flexibility index (Phi) is 5.10. The number of amidine groups is 2. The normalized spacial score (nSPS) is 17.2. The Morgan fingerprint density at radius 3 is 2.10 bits per heavy atom. The third kappa shape index (κ3) is 3.42. The smallest absolute Gasteiger partial charge is 0.169 e. The molecule has 0 radical (unpaired) electrons. The lowest BCUT2D eigenvalue weighted by Gasteiger charge is -2.22. The van der Waals surface area contributed by atoms with E-state index in [9.17, 15) is 0 Å². The van der Waals surface area contributed by atoms with Crippen LogP contribution in [0.5, 0.6) is 0 Å². The Hall–Kier alpha value is -4.54. The lowest BCUT2D eigenvalue weighted by atomic mass is 9.82. The van der Waals surface area contributed by atoms with E-state index in [0.717, 1.165) is 28.4 Å². The molecule has 0 saturated heterocycles. The molecule has 2 aliphatic rings. The fraction of sp³-hybridized carbons (Fsp3) is 0.111. The van der Waals surface area contributed by atoms with Crippen molar-refractivity contribution in [1.82, 2.24) is 5.32 Å². The minimum atomic E-state index is -0.310. The highest BCUT2D eigenvalue weighted by Gasteiger charge is 2.37. The molecule has 4 heteroatoms. The van der Waals surface area contributed by atoms with Crippen LogP contribution in [0.3, 0.4) is 0 Å². The van der Waals surface area contributed by atoms with Crippen LogP contribution in [0.15, 0.2) is 125 Å². The average Bonchev–Trinajstić information content (AvgIpc) is 3.50. The van der Waals surface area contributed by atoms with Crippen LogP contribution in [0, 0.1) is 0 Å². The minimum absolute atomic E-state index is 0.0569. The van der Waals surface area contributed by atoms with Crippen LogP contribution >= 0.6 is 11.3 Å². The molecule has 0 amide bonds. The third-order valence-corrected chi connectivity index (χ3v) is 9.59. The van der Waals surface area contributed by atoms with Gasteiger partial charge in [-0.25, -0.2) is 9.98 Å². The lowest BCUT2D eigenvalue weighted by molar-refractivity contribution is 0.667. The first kappa shape index (κ1) is 23.4. The number of benzene rings is 5. The molecule has 192 valence electrons. The van der Waals surface area contributed by atoms with Crippen molar-refractivity contribution in [3.63, 3.8) is 0 Å². The molecule has 1 N–H and O–H groups in total. The molecule has 5 aromatic carbocycles. The first-order valence-corrected chi connectivity index (χ1v) is 14.5. The molecule has 1 atom stereocenters. The van der Waals surface area contributed by atoms with Crippen molar-refractivity contribution in [2.45, 2.75) is 25.4 Å². The molecule has 1 aromatic heterocycles. The molecule has 8 rings (SSSR count). The molecule has 0 fully saturated rings. The summed E-state index contributed by atoms with van der Waals surface area (Å²) < 4.78 is 2.62. The Bertz CT molecular complexity index is 2000. The second-order valence-corrected chi connectivity index (χ2v) is 12.1. The van der Waals surface area contributed by atoms with Gasteiger partial charge in [-0.05, 0) is 33.9 Å². The number of nitrogens with one attached hydrogen (secondary N) is 1. The average molecular weight is 534 g/mol. The summed E-state index contributed by atoms with van der Waals surface area (Å²) >= 11 is 1.89. The number of hydrogen-bond acceptors (Lipinski definition) is 4. The van der Waals surface area contributed by atoms with Gasteiger partial charge in [-0.3, -0.25) is 0 Å². The highest BCUT2D eigenvalue weighted by Crippen LogP contribution is 2.53. The summed E-state index contributed by atoms with van der Waals surface area (Å²) in [6.45, 7) is 4.73. The summed E-state index contributed by atoms with van der Waals surface area (Å²) in [6, 6.07) is 40.8. The second-order valence-electron chi connectivity index (χ2n) is 11.1. The molecule has 2 heterocycles. The molecule has 40 heavy (non-hydrogen) atoms. The van der Waals surface area contributed by atoms with E-state index in [4.69, 9.17) is 9.98 Å². The van der Waals surface area contributed by atoms with Crippen molar-refractivity contribution < 1.29 is 0 Å². The number of thiophene rings is 1. The summed E-state index contributed by atoms with van der Waals surface area (Å²) in [6.07, 6.45) is -0.310. The summed E-state index contributed by atoms with van der Waals surface area (Å²) in [5.74, 6) is 1.70. The van der Waals surface area contributed by atoms with Gasteiger partial charge in [0.25, 0.3) is 0 Å². The van der Waals surface area contributed by atoms with Crippen molar-refractivity contribution in [1.29, 1.82) is 0 Å². The van der Waals surface area contributed by atoms with Crippen LogP contribution in [0.1, 0.15) is 47.8 Å². The Morgan fingerprint density at radius 1 is 0.600 bits per heavy atom. The maximum Gasteiger partial charge on any atom is 0.169 e. The van der Waals surface area contributed by atoms with Gasteiger partial charge in [0.15, 0.2) is 6.17 Å². The summed E-state index contributed by atoms with van der Waals surface area (Å²) in [5, 5.41) is 6.20. The molecule has 0 bridgehead atoms. The van der Waals surface area contributed by atoms with E-state index in [-0.39, 0.29) is 11.6 Å². The number of aliphatic imine (C=N–C) groups is 2. The van der Waals surface area contributed by atoms with E-state index in [2.05, 4.69) is 122 Å². The SMILES string of the molecule is CC1(C)c2ccccc2-c2ccc3c(sc4c(C5=NC(c6ccccc6)N=C(c6ccccc6)N5)cccc43)c21. The van der Waals surface area contributed by atoms with Crippen molar-refractivity contribution in [3.8, 4) is 11.1 Å². The molecular formula is C36H27N3S. The standard InChI is InChI=1S/C36H27N3S/c1-36(2)29-19-10-9-16-24(29)25-20-21-27-26-17-11-18-28(31(26)40-32(27)30(25)36)35-38-33(22-12-5-3-6-13-22)37-34(39-35)23-14-7-4-8-15-23/h3-21,33H,1-2H3,(H,37,38,39). The number of nitrogens with zero attached hydrogens (tertiary/aromatic N) is 2. The van der Waals surface area contributed by atoms with E-state index < -0.39 is 0 Å². The predicted octanol–water partition coefficient (Wildman–Crippen LogP) is 8.86. The first-order chi connectivity index (χ1) is 19.6. The van der Waals surface area contributed by atoms with Crippen LogP contribution in [-0.2, 0) is 5.41 Å². The van der Waals surface area contributed by atoms with E-state index in [1.165, 1.54) is 42.4 Å². The molecule has 1 unspecified atom stereocenters. The van der Waals surface area contributed by atoms with Crippen molar-refractivity contribution in [2.75, 3.05) is 0 Å². The molecule has 1 aliphatic heterocycles. The van der Waals surface area contributed by atoms with E-state index in [1.54, 1.807) is 0 Å². The van der Waals surface area contributed by atoms with Gasteiger partial charge < -0.3 is 5.32 Å². The summed E-state index contributed by atoms with van der Waals surface area (Å²) in [4.78, 5) is 10.2. The number of hydrogen-bond donors (Lipinski definition) is 1. The Morgan fingerprint density at radius 2 is 1.27 bits per heavy atom. The van der Waals surface area contributed by atoms with Gasteiger partial charge >= 0.3 is 0 Å².